The molecule has 2 rings (SSSR count). The molecule has 0 saturated heterocycles. The fraction of sp³-hybridized carbons (Fsp3) is 0.250. The van der Waals surface area contributed by atoms with E-state index in [1.54, 1.807) is 7.11 Å². The Morgan fingerprint density at radius 2 is 1.89 bits per heavy atom. The number of aryl methyl sites for hydroxylation is 1. The molecule has 1 atom stereocenters. The average Bonchev–Trinajstić information content (AvgIpc) is 2.43. The number of halogens is 1. The molecule has 0 aliphatic carbocycles. The van der Waals surface area contributed by atoms with Gasteiger partial charge in [0.1, 0.15) is 5.75 Å². The van der Waals surface area contributed by atoms with Crippen molar-refractivity contribution in [1.82, 2.24) is 5.32 Å². The van der Waals surface area contributed by atoms with Crippen molar-refractivity contribution in [3.8, 4) is 5.75 Å². The lowest BCUT2D eigenvalue weighted by Crippen LogP contribution is -2.18. The summed E-state index contributed by atoms with van der Waals surface area (Å²) < 4.78 is 5.29. The number of hydrogen-bond donors (Lipinski definition) is 1. The number of rotatable bonds is 4. The Morgan fingerprint density at radius 3 is 2.53 bits per heavy atom. The van der Waals surface area contributed by atoms with E-state index in [2.05, 4.69) is 30.4 Å². The number of benzene rings is 2. The lowest BCUT2D eigenvalue weighted by molar-refractivity contribution is 0.414. The Hall–Kier alpha value is -1.51. The third kappa shape index (κ3) is 2.91. The zero-order valence-electron chi connectivity index (χ0n) is 11.4. The first kappa shape index (κ1) is 13.9. The van der Waals surface area contributed by atoms with E-state index in [0.29, 0.717) is 10.8 Å². The Balaban J connectivity index is 2.45. The molecule has 0 bridgehead atoms. The molecule has 1 unspecified atom stereocenters. The second-order valence-corrected chi connectivity index (χ2v) is 4.88. The first-order valence-corrected chi connectivity index (χ1v) is 6.61. The SMILES string of the molecule is CNC(c1ccc(Cl)c(OC)c1)c1ccccc1C. The zero-order valence-corrected chi connectivity index (χ0v) is 12.2. The lowest BCUT2D eigenvalue weighted by Gasteiger charge is -2.20. The molecule has 0 spiro atoms. The maximum atomic E-state index is 6.08. The van der Waals surface area contributed by atoms with Crippen molar-refractivity contribution in [2.75, 3.05) is 14.2 Å². The molecule has 0 aromatic heterocycles. The van der Waals surface area contributed by atoms with Crippen molar-refractivity contribution >= 4 is 11.6 Å². The van der Waals surface area contributed by atoms with Gasteiger partial charge in [0.05, 0.1) is 18.2 Å². The average molecular weight is 276 g/mol. The van der Waals surface area contributed by atoms with Gasteiger partial charge in [-0.25, -0.2) is 0 Å². The van der Waals surface area contributed by atoms with E-state index < -0.39 is 0 Å². The summed E-state index contributed by atoms with van der Waals surface area (Å²) >= 11 is 6.08. The predicted molar refractivity (Wildman–Crippen MR) is 80.1 cm³/mol. The van der Waals surface area contributed by atoms with Crippen LogP contribution in [0, 0.1) is 6.92 Å². The molecular formula is C16H18ClNO. The minimum Gasteiger partial charge on any atom is -0.495 e. The van der Waals surface area contributed by atoms with Crippen LogP contribution in [0.4, 0.5) is 0 Å². The highest BCUT2D eigenvalue weighted by atomic mass is 35.5. The summed E-state index contributed by atoms with van der Waals surface area (Å²) in [5, 5.41) is 3.98. The Morgan fingerprint density at radius 1 is 1.16 bits per heavy atom. The molecule has 0 aliphatic rings. The number of ether oxygens (including phenoxy) is 1. The lowest BCUT2D eigenvalue weighted by atomic mass is 9.95. The number of nitrogens with one attached hydrogen (secondary N) is 1. The summed E-state index contributed by atoms with van der Waals surface area (Å²) in [6.45, 7) is 2.12. The van der Waals surface area contributed by atoms with Crippen LogP contribution in [0.25, 0.3) is 0 Å². The predicted octanol–water partition coefficient (Wildman–Crippen LogP) is 3.97. The van der Waals surface area contributed by atoms with Gasteiger partial charge in [-0.05, 0) is 42.8 Å². The van der Waals surface area contributed by atoms with Gasteiger partial charge in [0.25, 0.3) is 0 Å². The molecule has 2 aromatic rings. The molecule has 0 aliphatic heterocycles. The quantitative estimate of drug-likeness (QED) is 0.912. The van der Waals surface area contributed by atoms with Crippen molar-refractivity contribution in [2.24, 2.45) is 0 Å². The van der Waals surface area contributed by atoms with Gasteiger partial charge >= 0.3 is 0 Å². The summed E-state index contributed by atoms with van der Waals surface area (Å²) in [4.78, 5) is 0. The van der Waals surface area contributed by atoms with E-state index in [0.717, 1.165) is 5.56 Å². The fourth-order valence-corrected chi connectivity index (χ4v) is 2.46. The maximum absolute atomic E-state index is 6.08. The van der Waals surface area contributed by atoms with Gasteiger partial charge in [-0.2, -0.15) is 0 Å². The van der Waals surface area contributed by atoms with Crippen LogP contribution in [0.5, 0.6) is 5.75 Å². The molecule has 0 fully saturated rings. The Kier molecular flexibility index (Phi) is 4.46. The smallest absolute Gasteiger partial charge is 0.137 e. The van der Waals surface area contributed by atoms with Gasteiger partial charge in [-0.3, -0.25) is 0 Å². The van der Waals surface area contributed by atoms with Crippen LogP contribution in [0.3, 0.4) is 0 Å². The van der Waals surface area contributed by atoms with Gasteiger partial charge < -0.3 is 10.1 Å². The summed E-state index contributed by atoms with van der Waals surface area (Å²) in [6.07, 6.45) is 0. The van der Waals surface area contributed by atoms with Crippen LogP contribution >= 0.6 is 11.6 Å². The third-order valence-corrected chi connectivity index (χ3v) is 3.61. The minimum atomic E-state index is 0.132. The Bertz CT molecular complexity index is 568. The normalized spacial score (nSPS) is 12.2. The van der Waals surface area contributed by atoms with Crippen LogP contribution in [0.15, 0.2) is 42.5 Å². The monoisotopic (exact) mass is 275 g/mol. The minimum absolute atomic E-state index is 0.132. The molecular weight excluding hydrogens is 258 g/mol. The maximum Gasteiger partial charge on any atom is 0.137 e. The third-order valence-electron chi connectivity index (χ3n) is 3.30. The van der Waals surface area contributed by atoms with Crippen LogP contribution in [0.2, 0.25) is 5.02 Å². The highest BCUT2D eigenvalue weighted by Gasteiger charge is 2.15. The summed E-state index contributed by atoms with van der Waals surface area (Å²) in [5.41, 5.74) is 3.66. The van der Waals surface area contributed by atoms with Gasteiger partial charge in [0.2, 0.25) is 0 Å². The summed E-state index contributed by atoms with van der Waals surface area (Å²) in [5.74, 6) is 0.702. The van der Waals surface area contributed by atoms with Gasteiger partial charge in [-0.1, -0.05) is 41.9 Å². The van der Waals surface area contributed by atoms with E-state index in [-0.39, 0.29) is 6.04 Å². The number of methoxy groups -OCH3 is 1. The van der Waals surface area contributed by atoms with E-state index in [9.17, 15) is 0 Å². The van der Waals surface area contributed by atoms with Crippen LogP contribution in [-0.4, -0.2) is 14.2 Å². The molecule has 3 heteroatoms. The summed E-state index contributed by atoms with van der Waals surface area (Å²) in [6, 6.07) is 14.4. The molecule has 2 nitrogen and oxygen atoms in total. The highest BCUT2D eigenvalue weighted by molar-refractivity contribution is 6.32. The first-order valence-electron chi connectivity index (χ1n) is 6.23. The Labute approximate surface area is 119 Å². The molecule has 1 N–H and O–H groups in total. The van der Waals surface area contributed by atoms with E-state index in [1.165, 1.54) is 11.1 Å². The van der Waals surface area contributed by atoms with Crippen molar-refractivity contribution in [2.45, 2.75) is 13.0 Å². The van der Waals surface area contributed by atoms with Crippen molar-refractivity contribution < 1.29 is 4.74 Å². The van der Waals surface area contributed by atoms with E-state index in [4.69, 9.17) is 16.3 Å². The van der Waals surface area contributed by atoms with Crippen molar-refractivity contribution in [3.63, 3.8) is 0 Å². The fourth-order valence-electron chi connectivity index (χ4n) is 2.27. The molecule has 0 saturated carbocycles. The number of hydrogen-bond acceptors (Lipinski definition) is 2. The van der Waals surface area contributed by atoms with Gasteiger partial charge in [-0.15, -0.1) is 0 Å². The topological polar surface area (TPSA) is 21.3 Å². The largest absolute Gasteiger partial charge is 0.495 e. The molecule has 19 heavy (non-hydrogen) atoms. The van der Waals surface area contributed by atoms with E-state index >= 15 is 0 Å². The second kappa shape index (κ2) is 6.09. The zero-order chi connectivity index (χ0) is 13.8. The van der Waals surface area contributed by atoms with Crippen molar-refractivity contribution in [3.05, 3.63) is 64.2 Å². The first-order chi connectivity index (χ1) is 9.17. The second-order valence-electron chi connectivity index (χ2n) is 4.47. The molecule has 2 aromatic carbocycles. The molecule has 0 heterocycles. The van der Waals surface area contributed by atoms with Crippen LogP contribution < -0.4 is 10.1 Å². The molecule has 0 radical (unpaired) electrons. The highest BCUT2D eigenvalue weighted by Crippen LogP contribution is 2.31. The van der Waals surface area contributed by atoms with E-state index in [1.807, 2.05) is 31.3 Å². The summed E-state index contributed by atoms with van der Waals surface area (Å²) in [7, 11) is 3.59. The van der Waals surface area contributed by atoms with Crippen LogP contribution in [-0.2, 0) is 0 Å². The van der Waals surface area contributed by atoms with Gasteiger partial charge in [0.15, 0.2) is 0 Å². The molecule has 0 amide bonds. The van der Waals surface area contributed by atoms with Crippen LogP contribution in [0.1, 0.15) is 22.7 Å². The van der Waals surface area contributed by atoms with Crippen molar-refractivity contribution in [1.29, 1.82) is 0 Å². The van der Waals surface area contributed by atoms with Gasteiger partial charge in [0, 0.05) is 0 Å². The standard InChI is InChI=1S/C16H18ClNO/c1-11-6-4-5-7-13(11)16(18-2)12-8-9-14(17)15(10-12)19-3/h4-10,16,18H,1-3H3. The molecule has 100 valence electrons.